The van der Waals surface area contributed by atoms with Crippen LogP contribution in [0.5, 0.6) is 5.75 Å². The minimum absolute atomic E-state index is 0.108. The molecule has 0 radical (unpaired) electrons. The van der Waals surface area contributed by atoms with E-state index in [2.05, 4.69) is 0 Å². The number of hydrogen-bond acceptors (Lipinski definition) is 6. The predicted octanol–water partition coefficient (Wildman–Crippen LogP) is 2.09. The van der Waals surface area contributed by atoms with E-state index in [0.29, 0.717) is 17.0 Å². The normalized spacial score (nSPS) is 19.2. The Morgan fingerprint density at radius 1 is 1.00 bits per heavy atom. The van der Waals surface area contributed by atoms with Crippen molar-refractivity contribution >= 4 is 33.3 Å². The number of anilines is 1. The van der Waals surface area contributed by atoms with Gasteiger partial charge in [0.25, 0.3) is 0 Å². The van der Waals surface area contributed by atoms with Crippen LogP contribution in [0.4, 0.5) is 5.69 Å². The standard InChI is InChI=1S/C25H29N3O6S/c1-17-4-9-23(34-3)22(14-17)28-16-20(15-24(28)30)25(31)26-10-12-27(13-11-26)35(32,33)21-7-5-19(6-8-21)18(2)29/h4-9,14,20H,10-13,15-16H2,1-3H3/t20-/m1/s1. The smallest absolute Gasteiger partial charge is 0.243 e. The van der Waals surface area contributed by atoms with Crippen molar-refractivity contribution < 1.29 is 27.5 Å². The van der Waals surface area contributed by atoms with Crippen LogP contribution in [-0.2, 0) is 19.6 Å². The van der Waals surface area contributed by atoms with E-state index in [1.165, 1.54) is 35.5 Å². The molecule has 2 aliphatic heterocycles. The second-order valence-corrected chi connectivity index (χ2v) is 10.8. The zero-order chi connectivity index (χ0) is 25.3. The Bertz CT molecular complexity index is 1250. The number of piperazine rings is 1. The molecule has 0 saturated carbocycles. The Hall–Kier alpha value is -3.24. The first-order chi connectivity index (χ1) is 16.6. The molecule has 0 N–H and O–H groups in total. The summed E-state index contributed by atoms with van der Waals surface area (Å²) >= 11 is 0. The van der Waals surface area contributed by atoms with Gasteiger partial charge in [-0.3, -0.25) is 14.4 Å². The van der Waals surface area contributed by atoms with Gasteiger partial charge in [-0.2, -0.15) is 4.31 Å². The van der Waals surface area contributed by atoms with Gasteiger partial charge in [0.2, 0.25) is 21.8 Å². The molecule has 2 aliphatic rings. The fraction of sp³-hybridized carbons (Fsp3) is 0.400. The van der Waals surface area contributed by atoms with Gasteiger partial charge in [-0.25, -0.2) is 8.42 Å². The molecule has 0 spiro atoms. The minimum atomic E-state index is -3.73. The van der Waals surface area contributed by atoms with Crippen molar-refractivity contribution in [2.75, 3.05) is 44.7 Å². The van der Waals surface area contributed by atoms with Crippen LogP contribution in [0.3, 0.4) is 0 Å². The largest absolute Gasteiger partial charge is 0.495 e. The molecule has 35 heavy (non-hydrogen) atoms. The van der Waals surface area contributed by atoms with Gasteiger partial charge >= 0.3 is 0 Å². The van der Waals surface area contributed by atoms with E-state index in [4.69, 9.17) is 4.74 Å². The number of nitrogens with zero attached hydrogens (tertiary/aromatic N) is 3. The fourth-order valence-electron chi connectivity index (χ4n) is 4.53. The predicted molar refractivity (Wildman–Crippen MR) is 130 cm³/mol. The molecule has 0 aromatic heterocycles. The number of rotatable bonds is 6. The Morgan fingerprint density at radius 3 is 2.26 bits per heavy atom. The number of methoxy groups -OCH3 is 1. The minimum Gasteiger partial charge on any atom is -0.495 e. The van der Waals surface area contributed by atoms with Gasteiger partial charge in [0, 0.05) is 44.7 Å². The summed E-state index contributed by atoms with van der Waals surface area (Å²) in [6.07, 6.45) is 0.108. The molecule has 2 aromatic rings. The van der Waals surface area contributed by atoms with Crippen LogP contribution in [0.1, 0.15) is 29.3 Å². The van der Waals surface area contributed by atoms with Crippen LogP contribution in [0.2, 0.25) is 0 Å². The van der Waals surface area contributed by atoms with E-state index < -0.39 is 15.9 Å². The number of carbonyl (C=O) groups is 3. The lowest BCUT2D eigenvalue weighted by Crippen LogP contribution is -2.52. The second kappa shape index (κ2) is 9.79. The SMILES string of the molecule is COc1ccc(C)cc1N1C[C@H](C(=O)N2CCN(S(=O)(=O)c3ccc(C(C)=O)cc3)CC2)CC1=O. The maximum atomic E-state index is 13.2. The van der Waals surface area contributed by atoms with Crippen LogP contribution in [0, 0.1) is 12.8 Å². The highest BCUT2D eigenvalue weighted by Crippen LogP contribution is 2.34. The summed E-state index contributed by atoms with van der Waals surface area (Å²) in [6.45, 7) is 4.45. The first-order valence-electron chi connectivity index (χ1n) is 11.5. The van der Waals surface area contributed by atoms with Gasteiger partial charge in [-0.05, 0) is 43.7 Å². The van der Waals surface area contributed by atoms with E-state index >= 15 is 0 Å². The Kier molecular flexibility index (Phi) is 6.95. The second-order valence-electron chi connectivity index (χ2n) is 8.89. The van der Waals surface area contributed by atoms with Crippen molar-refractivity contribution in [1.82, 2.24) is 9.21 Å². The third-order valence-electron chi connectivity index (χ3n) is 6.55. The maximum absolute atomic E-state index is 13.2. The van der Waals surface area contributed by atoms with Crippen molar-refractivity contribution in [2.24, 2.45) is 5.92 Å². The molecule has 2 aromatic carbocycles. The molecule has 2 saturated heterocycles. The fourth-order valence-corrected chi connectivity index (χ4v) is 5.96. The van der Waals surface area contributed by atoms with E-state index in [1.807, 2.05) is 19.1 Å². The summed E-state index contributed by atoms with van der Waals surface area (Å²) in [5.74, 6) is -0.328. The van der Waals surface area contributed by atoms with Gasteiger partial charge in [0.15, 0.2) is 5.78 Å². The molecular weight excluding hydrogens is 470 g/mol. The highest BCUT2D eigenvalue weighted by Gasteiger charge is 2.39. The summed E-state index contributed by atoms with van der Waals surface area (Å²) in [6, 6.07) is 11.4. The quantitative estimate of drug-likeness (QED) is 0.564. The van der Waals surface area contributed by atoms with Crippen molar-refractivity contribution in [2.45, 2.75) is 25.2 Å². The molecule has 9 nitrogen and oxygen atoms in total. The summed E-state index contributed by atoms with van der Waals surface area (Å²) in [5.41, 5.74) is 2.08. The van der Waals surface area contributed by atoms with Crippen LogP contribution in [0.25, 0.3) is 0 Å². The number of carbonyl (C=O) groups excluding carboxylic acids is 3. The van der Waals surface area contributed by atoms with Crippen molar-refractivity contribution in [1.29, 1.82) is 0 Å². The summed E-state index contributed by atoms with van der Waals surface area (Å²) in [5, 5.41) is 0. The molecule has 186 valence electrons. The highest BCUT2D eigenvalue weighted by molar-refractivity contribution is 7.89. The number of benzene rings is 2. The lowest BCUT2D eigenvalue weighted by Gasteiger charge is -2.35. The van der Waals surface area contributed by atoms with Crippen LogP contribution in [0.15, 0.2) is 47.4 Å². The zero-order valence-electron chi connectivity index (χ0n) is 20.1. The first kappa shape index (κ1) is 24.9. The lowest BCUT2D eigenvalue weighted by atomic mass is 10.1. The van der Waals surface area contributed by atoms with Gasteiger partial charge < -0.3 is 14.5 Å². The van der Waals surface area contributed by atoms with Crippen LogP contribution >= 0.6 is 0 Å². The summed E-state index contributed by atoms with van der Waals surface area (Å²) < 4.78 is 32.8. The molecular formula is C25H29N3O6S. The topological polar surface area (TPSA) is 104 Å². The Balaban J connectivity index is 1.40. The van der Waals surface area contributed by atoms with E-state index in [-0.39, 0.29) is 61.6 Å². The molecule has 4 rings (SSSR count). The van der Waals surface area contributed by atoms with Crippen molar-refractivity contribution in [3.8, 4) is 5.75 Å². The molecule has 0 aliphatic carbocycles. The monoisotopic (exact) mass is 499 g/mol. The third kappa shape index (κ3) is 4.94. The molecule has 1 atom stereocenters. The van der Waals surface area contributed by atoms with Crippen LogP contribution in [-0.4, -0.2) is 75.1 Å². The van der Waals surface area contributed by atoms with Crippen LogP contribution < -0.4 is 9.64 Å². The third-order valence-corrected chi connectivity index (χ3v) is 8.46. The first-order valence-corrected chi connectivity index (χ1v) is 12.9. The number of sulfonamides is 1. The maximum Gasteiger partial charge on any atom is 0.243 e. The molecule has 2 heterocycles. The molecule has 2 fully saturated rings. The highest BCUT2D eigenvalue weighted by atomic mass is 32.2. The zero-order valence-corrected chi connectivity index (χ0v) is 20.9. The molecule has 10 heteroatoms. The van der Waals surface area contributed by atoms with Gasteiger partial charge in [0.1, 0.15) is 5.75 Å². The number of ether oxygens (including phenoxy) is 1. The van der Waals surface area contributed by atoms with Gasteiger partial charge in [-0.15, -0.1) is 0 Å². The van der Waals surface area contributed by atoms with E-state index in [9.17, 15) is 22.8 Å². The average molecular weight is 500 g/mol. The number of ketones is 1. The van der Waals surface area contributed by atoms with Gasteiger partial charge in [0.05, 0.1) is 23.6 Å². The van der Waals surface area contributed by atoms with E-state index in [1.54, 1.807) is 23.0 Å². The van der Waals surface area contributed by atoms with Crippen molar-refractivity contribution in [3.05, 3.63) is 53.6 Å². The molecule has 0 bridgehead atoms. The molecule has 0 unspecified atom stereocenters. The Labute approximate surface area is 205 Å². The van der Waals surface area contributed by atoms with E-state index in [0.717, 1.165) is 5.56 Å². The average Bonchev–Trinajstić information content (AvgIpc) is 3.25. The van der Waals surface area contributed by atoms with Crippen molar-refractivity contribution in [3.63, 3.8) is 0 Å². The molecule has 2 amide bonds. The summed E-state index contributed by atoms with van der Waals surface area (Å²) in [4.78, 5) is 40.7. The number of amides is 2. The number of Topliss-reactive ketones (excluding diaryl/α,β-unsaturated/α-hetero) is 1. The number of aryl methyl sites for hydroxylation is 1. The Morgan fingerprint density at radius 2 is 1.66 bits per heavy atom. The number of hydrogen-bond donors (Lipinski definition) is 0. The lowest BCUT2D eigenvalue weighted by molar-refractivity contribution is -0.136. The van der Waals surface area contributed by atoms with Gasteiger partial charge in [-0.1, -0.05) is 18.2 Å². The summed E-state index contributed by atoms with van der Waals surface area (Å²) in [7, 11) is -2.19.